The van der Waals surface area contributed by atoms with Crippen LogP contribution in [0, 0.1) is 6.92 Å². The number of rotatable bonds is 2. The first kappa shape index (κ1) is 13.9. The first-order valence-electron chi connectivity index (χ1n) is 6.96. The van der Waals surface area contributed by atoms with Crippen LogP contribution in [0.3, 0.4) is 0 Å². The lowest BCUT2D eigenvalue weighted by Gasteiger charge is -2.07. The molecule has 0 spiro atoms. The van der Waals surface area contributed by atoms with E-state index in [9.17, 15) is 8.42 Å². The van der Waals surface area contributed by atoms with Gasteiger partial charge in [0.1, 0.15) is 11.0 Å². The molecule has 4 rings (SSSR count). The molecule has 0 saturated carbocycles. The first-order chi connectivity index (χ1) is 11.0. The van der Waals surface area contributed by atoms with Gasteiger partial charge >= 0.3 is 0 Å². The molecule has 0 N–H and O–H groups in total. The number of hydrogen-bond acceptors (Lipinski definition) is 5. The highest BCUT2D eigenvalue weighted by Gasteiger charge is 2.21. The van der Waals surface area contributed by atoms with Gasteiger partial charge in [-0.15, -0.1) is 5.10 Å². The van der Waals surface area contributed by atoms with Crippen LogP contribution in [-0.2, 0) is 17.1 Å². The first-order valence-corrected chi connectivity index (χ1v) is 8.40. The van der Waals surface area contributed by atoms with Crippen molar-refractivity contribution < 1.29 is 8.42 Å². The SMILES string of the molecule is Cc1ccc(S(=O)(=O)n2ccc3c2ncc2nnn(C)c23)cc1. The maximum absolute atomic E-state index is 12.9. The van der Waals surface area contributed by atoms with Gasteiger partial charge in [0.15, 0.2) is 5.65 Å². The van der Waals surface area contributed by atoms with E-state index in [1.54, 1.807) is 42.1 Å². The van der Waals surface area contributed by atoms with Crippen LogP contribution in [0.25, 0.3) is 22.1 Å². The third-order valence-corrected chi connectivity index (χ3v) is 5.50. The fourth-order valence-electron chi connectivity index (χ4n) is 2.63. The molecule has 1 aromatic carbocycles. The monoisotopic (exact) mass is 327 g/mol. The molecule has 3 heterocycles. The van der Waals surface area contributed by atoms with E-state index in [1.165, 1.54) is 16.4 Å². The van der Waals surface area contributed by atoms with Crippen LogP contribution in [0.4, 0.5) is 0 Å². The van der Waals surface area contributed by atoms with Crippen molar-refractivity contribution in [2.24, 2.45) is 7.05 Å². The summed E-state index contributed by atoms with van der Waals surface area (Å²) in [5.41, 5.74) is 2.75. The van der Waals surface area contributed by atoms with Crippen molar-refractivity contribution in [1.29, 1.82) is 0 Å². The van der Waals surface area contributed by atoms with Crippen molar-refractivity contribution in [2.45, 2.75) is 11.8 Å². The summed E-state index contributed by atoms with van der Waals surface area (Å²) in [6.07, 6.45) is 3.05. The van der Waals surface area contributed by atoms with Crippen LogP contribution in [0.15, 0.2) is 47.6 Å². The van der Waals surface area contributed by atoms with Gasteiger partial charge in [-0.25, -0.2) is 22.1 Å². The lowest BCUT2D eigenvalue weighted by molar-refractivity contribution is 0.589. The largest absolute Gasteiger partial charge is 0.269 e. The number of aromatic nitrogens is 5. The van der Waals surface area contributed by atoms with Crippen molar-refractivity contribution >= 4 is 32.1 Å². The topological polar surface area (TPSA) is 82.7 Å². The summed E-state index contributed by atoms with van der Waals surface area (Å²) in [5, 5.41) is 8.65. The summed E-state index contributed by atoms with van der Waals surface area (Å²) in [4.78, 5) is 4.49. The van der Waals surface area contributed by atoms with Gasteiger partial charge in [-0.1, -0.05) is 22.9 Å². The molecule has 0 bridgehead atoms. The maximum atomic E-state index is 12.9. The summed E-state index contributed by atoms with van der Waals surface area (Å²) in [6, 6.07) is 8.46. The second-order valence-corrected chi connectivity index (χ2v) is 7.19. The summed E-state index contributed by atoms with van der Waals surface area (Å²) < 4.78 is 28.5. The highest BCUT2D eigenvalue weighted by Crippen LogP contribution is 2.25. The molecular weight excluding hydrogens is 314 g/mol. The minimum Gasteiger partial charge on any atom is -0.247 e. The molecule has 0 radical (unpaired) electrons. The number of nitrogens with zero attached hydrogens (tertiary/aromatic N) is 5. The van der Waals surface area contributed by atoms with Gasteiger partial charge in [-0.2, -0.15) is 0 Å². The van der Waals surface area contributed by atoms with E-state index in [1.807, 2.05) is 6.92 Å². The molecular formula is C15H13N5O2S. The van der Waals surface area contributed by atoms with Gasteiger partial charge in [-0.3, -0.25) is 0 Å². The second-order valence-electron chi connectivity index (χ2n) is 5.37. The van der Waals surface area contributed by atoms with E-state index in [4.69, 9.17) is 0 Å². The molecule has 3 aromatic heterocycles. The van der Waals surface area contributed by atoms with Crippen molar-refractivity contribution in [3.63, 3.8) is 0 Å². The quantitative estimate of drug-likeness (QED) is 0.561. The highest BCUT2D eigenvalue weighted by atomic mass is 32.2. The Hall–Kier alpha value is -2.74. The van der Waals surface area contributed by atoms with E-state index in [-0.39, 0.29) is 4.90 Å². The van der Waals surface area contributed by atoms with Gasteiger partial charge in [0, 0.05) is 18.6 Å². The molecule has 0 aliphatic heterocycles. The Labute approximate surface area is 132 Å². The van der Waals surface area contributed by atoms with Crippen molar-refractivity contribution in [1.82, 2.24) is 24.0 Å². The average Bonchev–Trinajstić information content (AvgIpc) is 3.11. The third kappa shape index (κ3) is 1.95. The molecule has 23 heavy (non-hydrogen) atoms. The van der Waals surface area contributed by atoms with Crippen LogP contribution < -0.4 is 0 Å². The Balaban J connectivity index is 2.00. The zero-order valence-electron chi connectivity index (χ0n) is 12.5. The van der Waals surface area contributed by atoms with Gasteiger partial charge in [0.25, 0.3) is 10.0 Å². The molecule has 4 aromatic rings. The van der Waals surface area contributed by atoms with Crippen LogP contribution in [0.5, 0.6) is 0 Å². The number of aryl methyl sites for hydroxylation is 2. The zero-order chi connectivity index (χ0) is 16.2. The van der Waals surface area contributed by atoms with E-state index >= 15 is 0 Å². The van der Waals surface area contributed by atoms with Gasteiger partial charge in [0.2, 0.25) is 0 Å². The molecule has 0 aliphatic carbocycles. The molecule has 0 saturated heterocycles. The highest BCUT2D eigenvalue weighted by molar-refractivity contribution is 7.90. The van der Waals surface area contributed by atoms with Crippen molar-refractivity contribution in [2.75, 3.05) is 0 Å². The van der Waals surface area contributed by atoms with Crippen LogP contribution in [-0.4, -0.2) is 32.4 Å². The summed E-state index contributed by atoms with van der Waals surface area (Å²) in [5.74, 6) is 0. The minimum absolute atomic E-state index is 0.227. The van der Waals surface area contributed by atoms with Crippen LogP contribution in [0.1, 0.15) is 5.56 Å². The molecule has 0 atom stereocenters. The molecule has 0 unspecified atom stereocenters. The summed E-state index contributed by atoms with van der Waals surface area (Å²) in [7, 11) is -1.94. The van der Waals surface area contributed by atoms with Crippen molar-refractivity contribution in [3.05, 3.63) is 48.3 Å². The Kier molecular flexibility index (Phi) is 2.79. The fourth-order valence-corrected chi connectivity index (χ4v) is 3.93. The Morgan fingerprint density at radius 1 is 1.09 bits per heavy atom. The zero-order valence-corrected chi connectivity index (χ0v) is 13.3. The lowest BCUT2D eigenvalue weighted by Crippen LogP contribution is -2.12. The van der Waals surface area contributed by atoms with E-state index in [2.05, 4.69) is 15.3 Å². The lowest BCUT2D eigenvalue weighted by atomic mass is 10.2. The smallest absolute Gasteiger partial charge is 0.247 e. The van der Waals surface area contributed by atoms with Gasteiger partial charge < -0.3 is 0 Å². The van der Waals surface area contributed by atoms with E-state index in [0.717, 1.165) is 11.1 Å². The predicted molar refractivity (Wildman–Crippen MR) is 85.6 cm³/mol. The Morgan fingerprint density at radius 3 is 2.57 bits per heavy atom. The number of pyridine rings is 1. The molecule has 8 heteroatoms. The summed E-state index contributed by atoms with van der Waals surface area (Å²) >= 11 is 0. The second kappa shape index (κ2) is 4.63. The van der Waals surface area contributed by atoms with Gasteiger partial charge in [-0.05, 0) is 25.1 Å². The minimum atomic E-state index is -3.70. The van der Waals surface area contributed by atoms with E-state index in [0.29, 0.717) is 16.6 Å². The Morgan fingerprint density at radius 2 is 1.83 bits per heavy atom. The summed E-state index contributed by atoms with van der Waals surface area (Å²) in [6.45, 7) is 1.91. The Bertz CT molecular complexity index is 1140. The molecule has 0 amide bonds. The molecule has 0 fully saturated rings. The number of hydrogen-bond donors (Lipinski definition) is 0. The van der Waals surface area contributed by atoms with Crippen LogP contribution in [0.2, 0.25) is 0 Å². The maximum Gasteiger partial charge on any atom is 0.269 e. The molecule has 116 valence electrons. The predicted octanol–water partition coefficient (Wildman–Crippen LogP) is 1.86. The number of benzene rings is 1. The molecule has 7 nitrogen and oxygen atoms in total. The van der Waals surface area contributed by atoms with Crippen LogP contribution >= 0.6 is 0 Å². The van der Waals surface area contributed by atoms with Crippen molar-refractivity contribution in [3.8, 4) is 0 Å². The fraction of sp³-hybridized carbons (Fsp3) is 0.133. The molecule has 0 aliphatic rings. The standard InChI is InChI=1S/C15H13N5O2S/c1-10-3-5-11(6-4-10)23(21,22)20-8-7-12-14-13(9-16-15(12)20)17-18-19(14)2/h3-9H,1-2H3. The third-order valence-electron chi connectivity index (χ3n) is 3.82. The van der Waals surface area contributed by atoms with E-state index < -0.39 is 10.0 Å². The van der Waals surface area contributed by atoms with Gasteiger partial charge in [0.05, 0.1) is 11.1 Å². The number of fused-ring (bicyclic) bond motifs is 3. The average molecular weight is 327 g/mol. The normalized spacial score (nSPS) is 12.3.